The zero-order chi connectivity index (χ0) is 15.6. The van der Waals surface area contributed by atoms with Crippen LogP contribution in [0.15, 0.2) is 18.2 Å². The second kappa shape index (κ2) is 5.77. The first-order valence-corrected chi connectivity index (χ1v) is 6.41. The second-order valence-electron chi connectivity index (χ2n) is 4.99. The Balaban J connectivity index is 2.38. The average molecular weight is 299 g/mol. The van der Waals surface area contributed by atoms with Crippen molar-refractivity contribution in [3.05, 3.63) is 35.4 Å². The molecule has 1 aliphatic rings. The third kappa shape index (κ3) is 2.73. The third-order valence-corrected chi connectivity index (χ3v) is 3.62. The normalized spacial score (nSPS) is 21.6. The maximum Gasteiger partial charge on any atom is 0.332 e. The number of hydrogen-bond acceptors (Lipinski definition) is 3. The first-order chi connectivity index (χ1) is 9.90. The van der Waals surface area contributed by atoms with Gasteiger partial charge in [0.15, 0.2) is 5.54 Å². The molecule has 1 amide bonds. The number of methoxy groups -OCH3 is 1. The molecule has 1 aromatic carbocycles. The van der Waals surface area contributed by atoms with Gasteiger partial charge in [-0.25, -0.2) is 13.6 Å². The molecule has 1 aromatic rings. The van der Waals surface area contributed by atoms with Crippen LogP contribution in [0.25, 0.3) is 0 Å². The first-order valence-electron chi connectivity index (χ1n) is 6.41. The molecule has 0 radical (unpaired) electrons. The number of rotatable bonds is 4. The number of ether oxygens (including phenoxy) is 1. The van der Waals surface area contributed by atoms with Gasteiger partial charge in [0.1, 0.15) is 11.6 Å². The zero-order valence-electron chi connectivity index (χ0n) is 11.4. The smallest absolute Gasteiger partial charge is 0.332 e. The van der Waals surface area contributed by atoms with Crippen molar-refractivity contribution in [2.24, 2.45) is 0 Å². The molecular formula is C14H15F2NO4. The molecule has 0 aliphatic carbocycles. The molecule has 2 rings (SSSR count). The van der Waals surface area contributed by atoms with Gasteiger partial charge in [0, 0.05) is 25.3 Å². The Labute approximate surface area is 120 Å². The number of amides is 1. The van der Waals surface area contributed by atoms with E-state index in [9.17, 15) is 23.5 Å². The van der Waals surface area contributed by atoms with Crippen LogP contribution in [0.4, 0.5) is 8.78 Å². The number of nitrogens with zero attached hydrogens (tertiary/aromatic N) is 1. The summed E-state index contributed by atoms with van der Waals surface area (Å²) in [6, 6.07) is 2.44. The maximum absolute atomic E-state index is 13.2. The summed E-state index contributed by atoms with van der Waals surface area (Å²) in [5.41, 5.74) is -1.70. The molecule has 1 atom stereocenters. The minimum atomic E-state index is -1.49. The van der Waals surface area contributed by atoms with E-state index >= 15 is 0 Å². The SMILES string of the molecule is COCC1(C(=O)O)CCCN1C(=O)c1cc(F)cc(F)c1. The van der Waals surface area contributed by atoms with Gasteiger partial charge in [-0.1, -0.05) is 0 Å². The summed E-state index contributed by atoms with van der Waals surface area (Å²) in [4.78, 5) is 25.1. The molecule has 0 spiro atoms. The number of carboxylic acid groups (broad SMARTS) is 1. The van der Waals surface area contributed by atoms with E-state index in [2.05, 4.69) is 0 Å². The monoisotopic (exact) mass is 299 g/mol. The van der Waals surface area contributed by atoms with Crippen LogP contribution in [0.3, 0.4) is 0 Å². The lowest BCUT2D eigenvalue weighted by atomic mass is 9.96. The van der Waals surface area contributed by atoms with Gasteiger partial charge in [-0.15, -0.1) is 0 Å². The number of carbonyl (C=O) groups is 2. The van der Waals surface area contributed by atoms with Gasteiger partial charge in [-0.05, 0) is 25.0 Å². The van der Waals surface area contributed by atoms with Crippen molar-refractivity contribution in [3.8, 4) is 0 Å². The predicted octanol–water partition coefficient (Wildman–Crippen LogP) is 1.67. The standard InChI is InChI=1S/C14H15F2NO4/c1-21-8-14(13(19)20)3-2-4-17(14)12(18)9-5-10(15)7-11(16)6-9/h5-7H,2-4,8H2,1H3,(H,19,20). The Bertz CT molecular complexity index is 558. The molecule has 0 bridgehead atoms. The van der Waals surface area contributed by atoms with Crippen LogP contribution in [-0.2, 0) is 9.53 Å². The highest BCUT2D eigenvalue weighted by Gasteiger charge is 2.50. The lowest BCUT2D eigenvalue weighted by molar-refractivity contribution is -0.151. The van der Waals surface area contributed by atoms with Crippen molar-refractivity contribution >= 4 is 11.9 Å². The van der Waals surface area contributed by atoms with Crippen LogP contribution in [0.1, 0.15) is 23.2 Å². The quantitative estimate of drug-likeness (QED) is 0.918. The summed E-state index contributed by atoms with van der Waals surface area (Å²) in [6.07, 6.45) is 0.721. The lowest BCUT2D eigenvalue weighted by Gasteiger charge is -2.34. The number of hydrogen-bond donors (Lipinski definition) is 1. The summed E-state index contributed by atoms with van der Waals surface area (Å²) >= 11 is 0. The largest absolute Gasteiger partial charge is 0.479 e. The minimum absolute atomic E-state index is 0.175. The minimum Gasteiger partial charge on any atom is -0.479 e. The Morgan fingerprint density at radius 1 is 1.33 bits per heavy atom. The van der Waals surface area contributed by atoms with Crippen molar-refractivity contribution in [2.75, 3.05) is 20.3 Å². The average Bonchev–Trinajstić information content (AvgIpc) is 2.82. The molecule has 7 heteroatoms. The van der Waals surface area contributed by atoms with E-state index in [1.807, 2.05) is 0 Å². The van der Waals surface area contributed by atoms with Gasteiger partial charge in [0.2, 0.25) is 0 Å². The number of halogens is 2. The van der Waals surface area contributed by atoms with E-state index in [1.165, 1.54) is 7.11 Å². The summed E-state index contributed by atoms with van der Waals surface area (Å²) in [5.74, 6) is -3.67. The molecule has 1 saturated heterocycles. The summed E-state index contributed by atoms with van der Waals surface area (Å²) in [5, 5.41) is 9.45. The van der Waals surface area contributed by atoms with E-state index in [1.54, 1.807) is 0 Å². The van der Waals surface area contributed by atoms with Crippen LogP contribution >= 0.6 is 0 Å². The number of likely N-dealkylation sites (tertiary alicyclic amines) is 1. The Morgan fingerprint density at radius 3 is 2.48 bits per heavy atom. The fourth-order valence-corrected chi connectivity index (χ4v) is 2.68. The molecule has 114 valence electrons. The summed E-state index contributed by atoms with van der Waals surface area (Å²) in [6.45, 7) is 0.0263. The highest BCUT2D eigenvalue weighted by molar-refractivity contribution is 5.98. The van der Waals surface area contributed by atoms with Crippen molar-refractivity contribution in [3.63, 3.8) is 0 Å². The summed E-state index contributed by atoms with van der Waals surface area (Å²) < 4.78 is 31.4. The Hall–Kier alpha value is -2.02. The van der Waals surface area contributed by atoms with Gasteiger partial charge < -0.3 is 14.7 Å². The van der Waals surface area contributed by atoms with Crippen molar-refractivity contribution < 1.29 is 28.2 Å². The van der Waals surface area contributed by atoms with E-state index in [0.29, 0.717) is 12.5 Å². The van der Waals surface area contributed by atoms with E-state index in [-0.39, 0.29) is 25.1 Å². The first kappa shape index (κ1) is 15.4. The molecule has 5 nitrogen and oxygen atoms in total. The van der Waals surface area contributed by atoms with Crippen LogP contribution < -0.4 is 0 Å². The fourth-order valence-electron chi connectivity index (χ4n) is 2.68. The lowest BCUT2D eigenvalue weighted by Crippen LogP contribution is -2.56. The molecule has 21 heavy (non-hydrogen) atoms. The number of carboxylic acids is 1. The predicted molar refractivity (Wildman–Crippen MR) is 68.9 cm³/mol. The van der Waals surface area contributed by atoms with Crippen molar-refractivity contribution in [2.45, 2.75) is 18.4 Å². The molecular weight excluding hydrogens is 284 g/mol. The number of aliphatic carboxylic acids is 1. The molecule has 0 saturated carbocycles. The van der Waals surface area contributed by atoms with Crippen LogP contribution in [-0.4, -0.2) is 47.7 Å². The molecule has 1 unspecified atom stereocenters. The second-order valence-corrected chi connectivity index (χ2v) is 4.99. The van der Waals surface area contributed by atoms with E-state index in [0.717, 1.165) is 17.0 Å². The Kier molecular flexibility index (Phi) is 4.22. The van der Waals surface area contributed by atoms with E-state index in [4.69, 9.17) is 4.74 Å². The highest BCUT2D eigenvalue weighted by atomic mass is 19.1. The van der Waals surface area contributed by atoms with Gasteiger partial charge in [-0.3, -0.25) is 4.79 Å². The van der Waals surface area contributed by atoms with E-state index < -0.39 is 29.0 Å². The van der Waals surface area contributed by atoms with Gasteiger partial charge in [-0.2, -0.15) is 0 Å². The summed E-state index contributed by atoms with van der Waals surface area (Å²) in [7, 11) is 1.34. The third-order valence-electron chi connectivity index (χ3n) is 3.62. The topological polar surface area (TPSA) is 66.8 Å². The molecule has 1 fully saturated rings. The van der Waals surface area contributed by atoms with Crippen molar-refractivity contribution in [1.29, 1.82) is 0 Å². The molecule has 1 aliphatic heterocycles. The highest BCUT2D eigenvalue weighted by Crippen LogP contribution is 2.32. The van der Waals surface area contributed by atoms with Gasteiger partial charge >= 0.3 is 5.97 Å². The van der Waals surface area contributed by atoms with Gasteiger partial charge in [0.05, 0.1) is 6.61 Å². The maximum atomic E-state index is 13.2. The zero-order valence-corrected chi connectivity index (χ0v) is 11.4. The number of carbonyl (C=O) groups excluding carboxylic acids is 1. The molecule has 1 heterocycles. The van der Waals surface area contributed by atoms with Crippen LogP contribution in [0, 0.1) is 11.6 Å². The fraction of sp³-hybridized carbons (Fsp3) is 0.429. The van der Waals surface area contributed by atoms with Gasteiger partial charge in [0.25, 0.3) is 5.91 Å². The van der Waals surface area contributed by atoms with Crippen LogP contribution in [0.5, 0.6) is 0 Å². The number of benzene rings is 1. The van der Waals surface area contributed by atoms with Crippen molar-refractivity contribution in [1.82, 2.24) is 4.90 Å². The molecule has 0 aromatic heterocycles. The molecule has 1 N–H and O–H groups in total. The Morgan fingerprint density at radius 2 is 1.95 bits per heavy atom. The van der Waals surface area contributed by atoms with Crippen LogP contribution in [0.2, 0.25) is 0 Å².